The summed E-state index contributed by atoms with van der Waals surface area (Å²) in [5, 5.41) is 4.47. The standard InChI is InChI=1S/C18H15ClN2O3/c1-11-2-7-14(19)8-16(11)23-10-12-3-5-13(6-4-12)15-9-17(18(20)22)24-21-15/h2-9H,10H2,1H3,(H2,20,22). The molecule has 0 fully saturated rings. The van der Waals surface area contributed by atoms with Crippen LogP contribution in [0.1, 0.15) is 21.7 Å². The monoisotopic (exact) mass is 342 g/mol. The predicted octanol–water partition coefficient (Wildman–Crippen LogP) is 3.98. The van der Waals surface area contributed by atoms with Gasteiger partial charge in [0.2, 0.25) is 5.76 Å². The highest BCUT2D eigenvalue weighted by atomic mass is 35.5. The third-order valence-electron chi connectivity index (χ3n) is 3.55. The number of nitrogens with zero attached hydrogens (tertiary/aromatic N) is 1. The van der Waals surface area contributed by atoms with Crippen LogP contribution in [-0.4, -0.2) is 11.1 Å². The quantitative estimate of drug-likeness (QED) is 0.760. The Morgan fingerprint density at radius 3 is 2.62 bits per heavy atom. The van der Waals surface area contributed by atoms with E-state index in [0.717, 1.165) is 22.4 Å². The number of ether oxygens (including phenoxy) is 1. The molecule has 0 saturated carbocycles. The lowest BCUT2D eigenvalue weighted by atomic mass is 10.1. The van der Waals surface area contributed by atoms with Gasteiger partial charge in [0, 0.05) is 16.7 Å². The molecule has 2 aromatic carbocycles. The molecule has 1 aromatic heterocycles. The Labute approximate surface area is 144 Å². The summed E-state index contributed by atoms with van der Waals surface area (Å²) in [7, 11) is 0. The number of aryl methyl sites for hydroxylation is 1. The summed E-state index contributed by atoms with van der Waals surface area (Å²) >= 11 is 5.98. The summed E-state index contributed by atoms with van der Waals surface area (Å²) in [6.45, 7) is 2.39. The Balaban J connectivity index is 1.70. The molecule has 0 aliphatic rings. The SMILES string of the molecule is Cc1ccc(Cl)cc1OCc1ccc(-c2cc(C(N)=O)on2)cc1. The number of hydrogen-bond donors (Lipinski definition) is 1. The van der Waals surface area contributed by atoms with Gasteiger partial charge in [0.15, 0.2) is 0 Å². The van der Waals surface area contributed by atoms with Gasteiger partial charge in [-0.3, -0.25) is 4.79 Å². The minimum absolute atomic E-state index is 0.0360. The first kappa shape index (κ1) is 16.1. The maximum Gasteiger partial charge on any atom is 0.287 e. The Morgan fingerprint density at radius 1 is 1.21 bits per heavy atom. The van der Waals surface area contributed by atoms with Gasteiger partial charge in [-0.25, -0.2) is 0 Å². The van der Waals surface area contributed by atoms with Crippen LogP contribution in [0.3, 0.4) is 0 Å². The van der Waals surface area contributed by atoms with Crippen LogP contribution in [0.25, 0.3) is 11.3 Å². The van der Waals surface area contributed by atoms with Crippen LogP contribution >= 0.6 is 11.6 Å². The van der Waals surface area contributed by atoms with E-state index in [1.807, 2.05) is 43.3 Å². The second kappa shape index (κ2) is 6.76. The zero-order valence-corrected chi connectivity index (χ0v) is 13.7. The first-order valence-corrected chi connectivity index (χ1v) is 7.65. The van der Waals surface area contributed by atoms with Gasteiger partial charge >= 0.3 is 0 Å². The molecule has 24 heavy (non-hydrogen) atoms. The van der Waals surface area contributed by atoms with Crippen LogP contribution in [0.5, 0.6) is 5.75 Å². The lowest BCUT2D eigenvalue weighted by Crippen LogP contribution is -2.09. The van der Waals surface area contributed by atoms with Crippen molar-refractivity contribution in [2.24, 2.45) is 5.73 Å². The summed E-state index contributed by atoms with van der Waals surface area (Å²) in [5.74, 6) is 0.152. The lowest BCUT2D eigenvalue weighted by molar-refractivity contribution is 0.0965. The molecule has 0 radical (unpaired) electrons. The van der Waals surface area contributed by atoms with Crippen molar-refractivity contribution in [1.29, 1.82) is 0 Å². The zero-order chi connectivity index (χ0) is 17.1. The zero-order valence-electron chi connectivity index (χ0n) is 13.0. The summed E-state index contributed by atoms with van der Waals surface area (Å²) in [6, 6.07) is 14.7. The number of hydrogen-bond acceptors (Lipinski definition) is 4. The second-order valence-corrected chi connectivity index (χ2v) is 5.77. The maximum atomic E-state index is 11.0. The average Bonchev–Trinajstić information content (AvgIpc) is 3.06. The van der Waals surface area contributed by atoms with E-state index < -0.39 is 5.91 Å². The molecular weight excluding hydrogens is 328 g/mol. The normalized spacial score (nSPS) is 10.6. The van der Waals surface area contributed by atoms with Crippen molar-refractivity contribution in [3.05, 3.63) is 70.4 Å². The summed E-state index contributed by atoms with van der Waals surface area (Å²) in [4.78, 5) is 11.0. The van der Waals surface area contributed by atoms with Crippen LogP contribution in [0.4, 0.5) is 0 Å². The van der Waals surface area contributed by atoms with E-state index in [9.17, 15) is 4.79 Å². The van der Waals surface area contributed by atoms with Crippen LogP contribution < -0.4 is 10.5 Å². The molecule has 3 aromatic rings. The fourth-order valence-electron chi connectivity index (χ4n) is 2.19. The summed E-state index contributed by atoms with van der Waals surface area (Å²) < 4.78 is 10.7. The number of amides is 1. The molecular formula is C18H15ClN2O3. The Bertz CT molecular complexity index is 872. The highest BCUT2D eigenvalue weighted by molar-refractivity contribution is 6.30. The number of halogens is 1. The van der Waals surface area contributed by atoms with Gasteiger partial charge < -0.3 is 15.0 Å². The molecule has 0 aliphatic carbocycles. The van der Waals surface area contributed by atoms with E-state index in [0.29, 0.717) is 17.3 Å². The first-order chi connectivity index (χ1) is 11.5. The van der Waals surface area contributed by atoms with E-state index in [1.54, 1.807) is 6.07 Å². The Kier molecular flexibility index (Phi) is 4.53. The molecule has 1 amide bonds. The van der Waals surface area contributed by atoms with E-state index in [1.165, 1.54) is 6.07 Å². The topological polar surface area (TPSA) is 78.4 Å². The number of rotatable bonds is 5. The van der Waals surface area contributed by atoms with Gasteiger partial charge in [-0.2, -0.15) is 0 Å². The Hall–Kier alpha value is -2.79. The minimum Gasteiger partial charge on any atom is -0.489 e. The van der Waals surface area contributed by atoms with Crippen LogP contribution in [-0.2, 0) is 6.61 Å². The number of primary amides is 1. The predicted molar refractivity (Wildman–Crippen MR) is 91.0 cm³/mol. The molecule has 6 heteroatoms. The molecule has 0 bridgehead atoms. The number of aromatic nitrogens is 1. The van der Waals surface area contributed by atoms with Crippen molar-refractivity contribution < 1.29 is 14.1 Å². The summed E-state index contributed by atoms with van der Waals surface area (Å²) in [5.41, 5.74) is 8.56. The molecule has 0 saturated heterocycles. The van der Waals surface area contributed by atoms with Gasteiger partial charge in [0.05, 0.1) is 0 Å². The highest BCUT2D eigenvalue weighted by Crippen LogP contribution is 2.24. The van der Waals surface area contributed by atoms with Gasteiger partial charge in [-0.1, -0.05) is 47.1 Å². The van der Waals surface area contributed by atoms with Gasteiger partial charge in [0.1, 0.15) is 18.1 Å². The molecule has 3 rings (SSSR count). The molecule has 0 atom stereocenters. The van der Waals surface area contributed by atoms with Crippen LogP contribution in [0, 0.1) is 6.92 Å². The first-order valence-electron chi connectivity index (χ1n) is 7.28. The minimum atomic E-state index is -0.643. The number of carbonyl (C=O) groups excluding carboxylic acids is 1. The van der Waals surface area contributed by atoms with Crippen molar-refractivity contribution >= 4 is 17.5 Å². The fourth-order valence-corrected chi connectivity index (χ4v) is 2.35. The molecule has 1 heterocycles. The molecule has 2 N–H and O–H groups in total. The third kappa shape index (κ3) is 3.58. The third-order valence-corrected chi connectivity index (χ3v) is 3.78. The van der Waals surface area contributed by atoms with Gasteiger partial charge in [-0.15, -0.1) is 0 Å². The molecule has 5 nitrogen and oxygen atoms in total. The summed E-state index contributed by atoms with van der Waals surface area (Å²) in [6.07, 6.45) is 0. The molecule has 0 aliphatic heterocycles. The van der Waals surface area contributed by atoms with E-state index in [2.05, 4.69) is 5.16 Å². The Morgan fingerprint density at radius 2 is 1.96 bits per heavy atom. The van der Waals surface area contributed by atoms with Crippen LogP contribution in [0.15, 0.2) is 53.1 Å². The van der Waals surface area contributed by atoms with E-state index >= 15 is 0 Å². The number of carbonyl (C=O) groups is 1. The van der Waals surface area contributed by atoms with Crippen molar-refractivity contribution in [2.45, 2.75) is 13.5 Å². The largest absolute Gasteiger partial charge is 0.489 e. The lowest BCUT2D eigenvalue weighted by Gasteiger charge is -2.09. The fraction of sp³-hybridized carbons (Fsp3) is 0.111. The molecule has 122 valence electrons. The number of nitrogens with two attached hydrogens (primary N) is 1. The molecule has 0 unspecified atom stereocenters. The average molecular weight is 343 g/mol. The second-order valence-electron chi connectivity index (χ2n) is 5.34. The van der Waals surface area contributed by atoms with Crippen molar-refractivity contribution in [2.75, 3.05) is 0 Å². The van der Waals surface area contributed by atoms with Crippen LogP contribution in [0.2, 0.25) is 5.02 Å². The van der Waals surface area contributed by atoms with Crippen molar-refractivity contribution in [3.63, 3.8) is 0 Å². The maximum absolute atomic E-state index is 11.0. The van der Waals surface area contributed by atoms with Gasteiger partial charge in [-0.05, 0) is 30.2 Å². The van der Waals surface area contributed by atoms with E-state index in [4.69, 9.17) is 26.6 Å². The molecule has 0 spiro atoms. The van der Waals surface area contributed by atoms with Crippen molar-refractivity contribution in [1.82, 2.24) is 5.16 Å². The number of benzene rings is 2. The van der Waals surface area contributed by atoms with Crippen molar-refractivity contribution in [3.8, 4) is 17.0 Å². The van der Waals surface area contributed by atoms with E-state index in [-0.39, 0.29) is 5.76 Å². The van der Waals surface area contributed by atoms with Gasteiger partial charge in [0.25, 0.3) is 5.91 Å². The highest BCUT2D eigenvalue weighted by Gasteiger charge is 2.10. The smallest absolute Gasteiger partial charge is 0.287 e.